The Labute approximate surface area is 206 Å². The number of aryl methyl sites for hydroxylation is 2. The fourth-order valence-corrected chi connectivity index (χ4v) is 5.20. The smallest absolute Gasteiger partial charge is 0.254 e. The van der Waals surface area contributed by atoms with Crippen molar-refractivity contribution in [2.24, 2.45) is 0 Å². The van der Waals surface area contributed by atoms with Crippen LogP contribution in [0.25, 0.3) is 0 Å². The predicted octanol–water partition coefficient (Wildman–Crippen LogP) is 5.42. The van der Waals surface area contributed by atoms with E-state index in [2.05, 4.69) is 11.4 Å². The molecule has 1 atom stereocenters. The molecular weight excluding hydrogens is 444 g/mol. The Morgan fingerprint density at radius 2 is 1.68 bits per heavy atom. The Morgan fingerprint density at radius 3 is 2.32 bits per heavy atom. The van der Waals surface area contributed by atoms with Crippen molar-refractivity contribution in [2.45, 2.75) is 46.2 Å². The van der Waals surface area contributed by atoms with Gasteiger partial charge in [0.25, 0.3) is 5.91 Å². The van der Waals surface area contributed by atoms with Gasteiger partial charge in [0, 0.05) is 23.0 Å². The SMILES string of the molecule is Cc1ccc(OCC2c3ccsc3CCN2C(=O)CN(C(=O)c2ccc(C)cc2)C(C)C)cc1. The van der Waals surface area contributed by atoms with Gasteiger partial charge in [0.15, 0.2) is 0 Å². The first-order chi connectivity index (χ1) is 16.3. The van der Waals surface area contributed by atoms with Crippen LogP contribution in [0.1, 0.15) is 51.8 Å². The molecule has 2 amide bonds. The number of fused-ring (bicyclic) bond motifs is 1. The number of thiophene rings is 1. The van der Waals surface area contributed by atoms with Gasteiger partial charge in [0.05, 0.1) is 6.04 Å². The van der Waals surface area contributed by atoms with E-state index in [1.54, 1.807) is 16.2 Å². The predicted molar refractivity (Wildman–Crippen MR) is 137 cm³/mol. The van der Waals surface area contributed by atoms with Gasteiger partial charge >= 0.3 is 0 Å². The van der Waals surface area contributed by atoms with E-state index in [1.165, 1.54) is 10.4 Å². The normalized spacial score (nSPS) is 15.2. The van der Waals surface area contributed by atoms with Gasteiger partial charge < -0.3 is 14.5 Å². The van der Waals surface area contributed by atoms with E-state index in [-0.39, 0.29) is 30.4 Å². The highest BCUT2D eigenvalue weighted by Crippen LogP contribution is 2.34. The van der Waals surface area contributed by atoms with E-state index in [4.69, 9.17) is 4.74 Å². The molecule has 2 aromatic carbocycles. The highest BCUT2D eigenvalue weighted by atomic mass is 32.1. The first kappa shape index (κ1) is 24.0. The summed E-state index contributed by atoms with van der Waals surface area (Å²) in [5, 5.41) is 2.08. The lowest BCUT2D eigenvalue weighted by Crippen LogP contribution is -2.49. The summed E-state index contributed by atoms with van der Waals surface area (Å²) in [5.41, 5.74) is 4.02. The van der Waals surface area contributed by atoms with Gasteiger partial charge in [0.1, 0.15) is 18.9 Å². The summed E-state index contributed by atoms with van der Waals surface area (Å²) in [4.78, 5) is 31.7. The van der Waals surface area contributed by atoms with E-state index in [0.29, 0.717) is 18.7 Å². The summed E-state index contributed by atoms with van der Waals surface area (Å²) in [6.07, 6.45) is 0.827. The number of benzene rings is 2. The zero-order valence-corrected chi connectivity index (χ0v) is 21.1. The molecule has 0 N–H and O–H groups in total. The van der Waals surface area contributed by atoms with Crippen molar-refractivity contribution in [3.05, 3.63) is 87.1 Å². The lowest BCUT2D eigenvalue weighted by Gasteiger charge is -2.37. The Kier molecular flexibility index (Phi) is 7.37. The van der Waals surface area contributed by atoms with Crippen molar-refractivity contribution >= 4 is 23.2 Å². The molecule has 5 nitrogen and oxygen atoms in total. The number of amides is 2. The van der Waals surface area contributed by atoms with Crippen molar-refractivity contribution in [3.63, 3.8) is 0 Å². The van der Waals surface area contributed by atoms with Crippen LogP contribution < -0.4 is 4.74 Å². The zero-order chi connectivity index (χ0) is 24.2. The quantitative estimate of drug-likeness (QED) is 0.457. The maximum Gasteiger partial charge on any atom is 0.254 e. The van der Waals surface area contributed by atoms with Gasteiger partial charge in [-0.1, -0.05) is 35.4 Å². The molecule has 1 aromatic heterocycles. The molecule has 1 aliphatic heterocycles. The third-order valence-corrected chi connectivity index (χ3v) is 7.33. The van der Waals surface area contributed by atoms with Gasteiger partial charge in [-0.15, -0.1) is 11.3 Å². The maximum atomic E-state index is 13.6. The second kappa shape index (κ2) is 10.4. The van der Waals surface area contributed by atoms with Crippen molar-refractivity contribution in [1.82, 2.24) is 9.80 Å². The standard InChI is InChI=1S/C28H32N2O3S/c1-19(2)30(28(32)22-9-5-20(3)6-10-22)17-27(31)29-15-13-26-24(14-16-34-26)25(29)18-33-23-11-7-21(4)8-12-23/h5-12,14,16,19,25H,13,15,17-18H2,1-4H3. The monoisotopic (exact) mass is 476 g/mol. The molecular formula is C28H32N2O3S. The van der Waals surface area contributed by atoms with Crippen LogP contribution in [0.3, 0.4) is 0 Å². The van der Waals surface area contributed by atoms with Gasteiger partial charge in [0.2, 0.25) is 5.91 Å². The molecule has 3 aromatic rings. The summed E-state index contributed by atoms with van der Waals surface area (Å²) < 4.78 is 6.12. The second-order valence-corrected chi connectivity index (χ2v) is 10.2. The average molecular weight is 477 g/mol. The second-order valence-electron chi connectivity index (χ2n) is 9.17. The molecule has 6 heteroatoms. The van der Waals surface area contributed by atoms with Crippen molar-refractivity contribution in [2.75, 3.05) is 19.7 Å². The van der Waals surface area contributed by atoms with Crippen LogP contribution in [-0.4, -0.2) is 47.4 Å². The third kappa shape index (κ3) is 5.33. The molecule has 1 aliphatic rings. The maximum absolute atomic E-state index is 13.6. The highest BCUT2D eigenvalue weighted by Gasteiger charge is 2.34. The van der Waals surface area contributed by atoms with Crippen LogP contribution in [0, 0.1) is 13.8 Å². The largest absolute Gasteiger partial charge is 0.491 e. The lowest BCUT2D eigenvalue weighted by atomic mass is 10.00. The minimum Gasteiger partial charge on any atom is -0.491 e. The molecule has 2 heterocycles. The fraction of sp³-hybridized carbons (Fsp3) is 0.357. The Hall–Kier alpha value is -3.12. The van der Waals surface area contributed by atoms with Gasteiger partial charge in [-0.25, -0.2) is 0 Å². The molecule has 34 heavy (non-hydrogen) atoms. The number of ether oxygens (including phenoxy) is 1. The minimum atomic E-state index is -0.174. The minimum absolute atomic E-state index is 0.0465. The number of carbonyl (C=O) groups excluding carboxylic acids is 2. The fourth-order valence-electron chi connectivity index (χ4n) is 4.27. The third-order valence-electron chi connectivity index (χ3n) is 6.33. The highest BCUT2D eigenvalue weighted by molar-refractivity contribution is 7.10. The first-order valence-electron chi connectivity index (χ1n) is 11.8. The van der Waals surface area contributed by atoms with Gasteiger partial charge in [-0.3, -0.25) is 9.59 Å². The van der Waals surface area contributed by atoms with E-state index in [9.17, 15) is 9.59 Å². The number of hydrogen-bond acceptors (Lipinski definition) is 4. The van der Waals surface area contributed by atoms with Gasteiger partial charge in [-0.05, 0) is 75.4 Å². The summed E-state index contributed by atoms with van der Waals surface area (Å²) >= 11 is 1.73. The zero-order valence-electron chi connectivity index (χ0n) is 20.3. The Balaban J connectivity index is 1.52. The molecule has 0 spiro atoms. The van der Waals surface area contributed by atoms with Crippen LogP contribution in [0.15, 0.2) is 60.0 Å². The Morgan fingerprint density at radius 1 is 1.03 bits per heavy atom. The van der Waals surface area contributed by atoms with Crippen molar-refractivity contribution in [1.29, 1.82) is 0 Å². The van der Waals surface area contributed by atoms with Crippen molar-refractivity contribution in [3.8, 4) is 5.75 Å². The van der Waals surface area contributed by atoms with E-state index < -0.39 is 0 Å². The van der Waals surface area contributed by atoms with Crippen molar-refractivity contribution < 1.29 is 14.3 Å². The summed E-state index contributed by atoms with van der Waals surface area (Å²) in [5.74, 6) is 0.617. The summed E-state index contributed by atoms with van der Waals surface area (Å²) in [6.45, 7) is 8.98. The summed E-state index contributed by atoms with van der Waals surface area (Å²) in [6, 6.07) is 17.3. The molecule has 178 valence electrons. The lowest BCUT2D eigenvalue weighted by molar-refractivity contribution is -0.136. The number of rotatable bonds is 7. The molecule has 0 aliphatic carbocycles. The molecule has 0 radical (unpaired) electrons. The number of carbonyl (C=O) groups is 2. The molecule has 0 saturated carbocycles. The molecule has 0 fully saturated rings. The van der Waals surface area contributed by atoms with Crippen LogP contribution >= 0.6 is 11.3 Å². The molecule has 0 bridgehead atoms. The van der Waals surface area contributed by atoms with Crippen LogP contribution in [0.2, 0.25) is 0 Å². The topological polar surface area (TPSA) is 49.9 Å². The first-order valence-corrected chi connectivity index (χ1v) is 12.6. The Bertz CT molecular complexity index is 1140. The molecule has 0 saturated heterocycles. The van der Waals surface area contributed by atoms with Crippen LogP contribution in [0.4, 0.5) is 0 Å². The van der Waals surface area contributed by atoms with Crippen LogP contribution in [-0.2, 0) is 11.2 Å². The average Bonchev–Trinajstić information content (AvgIpc) is 3.31. The molecule has 4 rings (SSSR count). The van der Waals surface area contributed by atoms with E-state index >= 15 is 0 Å². The number of nitrogens with zero attached hydrogens (tertiary/aromatic N) is 2. The van der Waals surface area contributed by atoms with E-state index in [0.717, 1.165) is 23.3 Å². The summed E-state index contributed by atoms with van der Waals surface area (Å²) in [7, 11) is 0. The number of hydrogen-bond donors (Lipinski definition) is 0. The van der Waals surface area contributed by atoms with Gasteiger partial charge in [-0.2, -0.15) is 0 Å². The van der Waals surface area contributed by atoms with E-state index in [1.807, 2.05) is 81.1 Å². The molecule has 1 unspecified atom stereocenters. The van der Waals surface area contributed by atoms with Crippen LogP contribution in [0.5, 0.6) is 5.75 Å².